The van der Waals surface area contributed by atoms with Crippen LogP contribution in [-0.2, 0) is 4.74 Å². The predicted octanol–water partition coefficient (Wildman–Crippen LogP) is 3.04. The minimum Gasteiger partial charge on any atom is -0.378 e. The Bertz CT molecular complexity index is 281. The standard InChI is InChI=1S/C17H34N2O/c1-14-9-10-18-16(17(2,3)4)13-19(14)11-5-7-15-8-6-12-20-15/h14-16,18H,5-13H2,1-4H3. The molecule has 2 saturated heterocycles. The lowest BCUT2D eigenvalue weighted by Gasteiger charge is -2.35. The summed E-state index contributed by atoms with van der Waals surface area (Å²) in [6.07, 6.45) is 6.89. The number of hydrogen-bond donors (Lipinski definition) is 1. The summed E-state index contributed by atoms with van der Waals surface area (Å²) in [6, 6.07) is 1.31. The summed E-state index contributed by atoms with van der Waals surface area (Å²) in [5.41, 5.74) is 0.344. The third kappa shape index (κ3) is 4.71. The second kappa shape index (κ2) is 7.24. The van der Waals surface area contributed by atoms with Crippen LogP contribution in [0.3, 0.4) is 0 Å². The second-order valence-electron chi connectivity index (χ2n) is 7.78. The van der Waals surface area contributed by atoms with Gasteiger partial charge in [-0.15, -0.1) is 0 Å². The van der Waals surface area contributed by atoms with Crippen LogP contribution in [0.2, 0.25) is 0 Å². The van der Waals surface area contributed by atoms with Crippen molar-refractivity contribution in [2.45, 2.75) is 78.0 Å². The maximum absolute atomic E-state index is 5.74. The molecule has 0 bridgehead atoms. The first kappa shape index (κ1) is 16.3. The molecule has 0 spiro atoms. The van der Waals surface area contributed by atoms with E-state index in [-0.39, 0.29) is 0 Å². The molecule has 0 radical (unpaired) electrons. The average molecular weight is 282 g/mol. The number of nitrogens with one attached hydrogen (secondary N) is 1. The molecule has 2 heterocycles. The van der Waals surface area contributed by atoms with Crippen molar-refractivity contribution in [2.75, 3.05) is 26.2 Å². The summed E-state index contributed by atoms with van der Waals surface area (Å²) < 4.78 is 5.74. The number of rotatable bonds is 4. The Morgan fingerprint density at radius 3 is 2.70 bits per heavy atom. The Labute approximate surface area is 125 Å². The molecule has 0 aromatic heterocycles. The van der Waals surface area contributed by atoms with Gasteiger partial charge in [0, 0.05) is 25.2 Å². The van der Waals surface area contributed by atoms with Crippen LogP contribution < -0.4 is 5.32 Å². The van der Waals surface area contributed by atoms with Gasteiger partial charge in [-0.2, -0.15) is 0 Å². The van der Waals surface area contributed by atoms with Gasteiger partial charge in [0.15, 0.2) is 0 Å². The topological polar surface area (TPSA) is 24.5 Å². The quantitative estimate of drug-likeness (QED) is 0.858. The molecule has 0 amide bonds. The molecule has 2 rings (SSSR count). The molecule has 0 aromatic carbocycles. The fraction of sp³-hybridized carbons (Fsp3) is 1.00. The van der Waals surface area contributed by atoms with Crippen molar-refractivity contribution in [3.05, 3.63) is 0 Å². The summed E-state index contributed by atoms with van der Waals surface area (Å²) in [5.74, 6) is 0. The minimum absolute atomic E-state index is 0.344. The number of ether oxygens (including phenoxy) is 1. The first-order valence-corrected chi connectivity index (χ1v) is 8.56. The Morgan fingerprint density at radius 2 is 2.05 bits per heavy atom. The van der Waals surface area contributed by atoms with E-state index < -0.39 is 0 Å². The molecule has 0 aromatic rings. The molecule has 3 nitrogen and oxygen atoms in total. The van der Waals surface area contributed by atoms with Gasteiger partial charge in [0.1, 0.15) is 0 Å². The van der Waals surface area contributed by atoms with E-state index in [0.29, 0.717) is 23.6 Å². The van der Waals surface area contributed by atoms with E-state index in [9.17, 15) is 0 Å². The Balaban J connectivity index is 1.80. The largest absolute Gasteiger partial charge is 0.378 e. The van der Waals surface area contributed by atoms with Crippen LogP contribution in [0.1, 0.15) is 59.8 Å². The van der Waals surface area contributed by atoms with Gasteiger partial charge in [-0.05, 0) is 57.5 Å². The van der Waals surface area contributed by atoms with Crippen molar-refractivity contribution >= 4 is 0 Å². The molecule has 3 heteroatoms. The normalized spacial score (nSPS) is 33.3. The molecular weight excluding hydrogens is 248 g/mol. The molecule has 2 aliphatic heterocycles. The van der Waals surface area contributed by atoms with E-state index in [4.69, 9.17) is 4.74 Å². The highest BCUT2D eigenvalue weighted by atomic mass is 16.5. The van der Waals surface area contributed by atoms with Gasteiger partial charge in [0.25, 0.3) is 0 Å². The van der Waals surface area contributed by atoms with Gasteiger partial charge in [-0.3, -0.25) is 4.90 Å². The van der Waals surface area contributed by atoms with E-state index >= 15 is 0 Å². The second-order valence-corrected chi connectivity index (χ2v) is 7.78. The first-order valence-electron chi connectivity index (χ1n) is 8.56. The van der Waals surface area contributed by atoms with Crippen LogP contribution in [0.5, 0.6) is 0 Å². The van der Waals surface area contributed by atoms with Gasteiger partial charge in [0.2, 0.25) is 0 Å². The predicted molar refractivity (Wildman–Crippen MR) is 85.1 cm³/mol. The van der Waals surface area contributed by atoms with Crippen LogP contribution >= 0.6 is 0 Å². The van der Waals surface area contributed by atoms with Crippen molar-refractivity contribution in [1.82, 2.24) is 10.2 Å². The summed E-state index contributed by atoms with van der Waals surface area (Å²) in [6.45, 7) is 14.0. The molecule has 0 aliphatic carbocycles. The zero-order valence-electron chi connectivity index (χ0n) is 14.0. The fourth-order valence-electron chi connectivity index (χ4n) is 3.41. The number of hydrogen-bond acceptors (Lipinski definition) is 3. The highest BCUT2D eigenvalue weighted by molar-refractivity contribution is 4.88. The Kier molecular flexibility index (Phi) is 5.88. The molecule has 1 N–H and O–H groups in total. The average Bonchev–Trinajstić information content (AvgIpc) is 2.80. The molecule has 3 atom stereocenters. The van der Waals surface area contributed by atoms with Crippen molar-refractivity contribution in [2.24, 2.45) is 5.41 Å². The van der Waals surface area contributed by atoms with E-state index in [1.165, 1.54) is 45.2 Å². The lowest BCUT2D eigenvalue weighted by Crippen LogP contribution is -2.47. The summed E-state index contributed by atoms with van der Waals surface area (Å²) >= 11 is 0. The zero-order chi connectivity index (χ0) is 14.6. The zero-order valence-corrected chi connectivity index (χ0v) is 14.0. The summed E-state index contributed by atoms with van der Waals surface area (Å²) in [5, 5.41) is 3.75. The SMILES string of the molecule is CC1CCNC(C(C)(C)C)CN1CCCC1CCCO1. The van der Waals surface area contributed by atoms with Gasteiger partial charge in [-0.25, -0.2) is 0 Å². The first-order chi connectivity index (χ1) is 9.47. The van der Waals surface area contributed by atoms with Crippen molar-refractivity contribution in [3.63, 3.8) is 0 Å². The van der Waals surface area contributed by atoms with Crippen LogP contribution in [-0.4, -0.2) is 49.3 Å². The smallest absolute Gasteiger partial charge is 0.0576 e. The lowest BCUT2D eigenvalue weighted by atomic mass is 9.86. The maximum atomic E-state index is 5.74. The minimum atomic E-state index is 0.344. The van der Waals surface area contributed by atoms with E-state index in [1.807, 2.05) is 0 Å². The van der Waals surface area contributed by atoms with Crippen LogP contribution in [0.15, 0.2) is 0 Å². The lowest BCUT2D eigenvalue weighted by molar-refractivity contribution is 0.0942. The number of nitrogens with zero attached hydrogens (tertiary/aromatic N) is 1. The monoisotopic (exact) mass is 282 g/mol. The van der Waals surface area contributed by atoms with E-state index in [2.05, 4.69) is 37.9 Å². The highest BCUT2D eigenvalue weighted by Gasteiger charge is 2.30. The molecular formula is C17H34N2O. The molecule has 2 aliphatic rings. The van der Waals surface area contributed by atoms with Crippen molar-refractivity contribution in [1.29, 1.82) is 0 Å². The van der Waals surface area contributed by atoms with Gasteiger partial charge in [0.05, 0.1) is 6.10 Å². The fourth-order valence-corrected chi connectivity index (χ4v) is 3.41. The van der Waals surface area contributed by atoms with Gasteiger partial charge in [-0.1, -0.05) is 20.8 Å². The van der Waals surface area contributed by atoms with Crippen LogP contribution in [0.4, 0.5) is 0 Å². The highest BCUT2D eigenvalue weighted by Crippen LogP contribution is 2.24. The van der Waals surface area contributed by atoms with Crippen LogP contribution in [0.25, 0.3) is 0 Å². The summed E-state index contributed by atoms with van der Waals surface area (Å²) in [4.78, 5) is 2.70. The Hall–Kier alpha value is -0.120. The van der Waals surface area contributed by atoms with Gasteiger partial charge < -0.3 is 10.1 Å². The van der Waals surface area contributed by atoms with Crippen molar-refractivity contribution < 1.29 is 4.74 Å². The molecule has 0 saturated carbocycles. The van der Waals surface area contributed by atoms with Gasteiger partial charge >= 0.3 is 0 Å². The molecule has 3 unspecified atom stereocenters. The maximum Gasteiger partial charge on any atom is 0.0576 e. The van der Waals surface area contributed by atoms with Crippen LogP contribution in [0, 0.1) is 5.41 Å². The third-order valence-electron chi connectivity index (χ3n) is 5.03. The Morgan fingerprint density at radius 1 is 1.25 bits per heavy atom. The van der Waals surface area contributed by atoms with Crippen molar-refractivity contribution in [3.8, 4) is 0 Å². The summed E-state index contributed by atoms with van der Waals surface area (Å²) in [7, 11) is 0. The van der Waals surface area contributed by atoms with E-state index in [0.717, 1.165) is 13.2 Å². The molecule has 118 valence electrons. The molecule has 20 heavy (non-hydrogen) atoms. The van der Waals surface area contributed by atoms with E-state index in [1.54, 1.807) is 0 Å². The molecule has 2 fully saturated rings. The third-order valence-corrected chi connectivity index (χ3v) is 5.03.